The summed E-state index contributed by atoms with van der Waals surface area (Å²) in [7, 11) is 1.50. The number of nitrogens with two attached hydrogens (primary N) is 1. The van der Waals surface area contributed by atoms with E-state index in [0.29, 0.717) is 12.3 Å². The molecule has 1 aliphatic carbocycles. The summed E-state index contributed by atoms with van der Waals surface area (Å²) >= 11 is 0. The number of carboxylic acids is 1. The van der Waals surface area contributed by atoms with E-state index in [4.69, 9.17) is 5.11 Å². The highest BCUT2D eigenvalue weighted by atomic mass is 16.4. The van der Waals surface area contributed by atoms with Gasteiger partial charge in [0.05, 0.1) is 0 Å². The van der Waals surface area contributed by atoms with Crippen molar-refractivity contribution in [2.75, 3.05) is 7.05 Å². The molecule has 78 valence electrons. The number of hydrogen-bond donors (Lipinski definition) is 2. The fourth-order valence-electron chi connectivity index (χ4n) is 1.99. The Kier molecular flexibility index (Phi) is 6.59. The number of carbonyl (C=O) groups is 1. The van der Waals surface area contributed by atoms with E-state index in [0.717, 1.165) is 18.8 Å². The lowest BCUT2D eigenvalue weighted by Crippen LogP contribution is -2.16. The van der Waals surface area contributed by atoms with E-state index < -0.39 is 5.97 Å². The van der Waals surface area contributed by atoms with Crippen molar-refractivity contribution in [3.63, 3.8) is 0 Å². The molecule has 3 N–H and O–H groups in total. The van der Waals surface area contributed by atoms with Gasteiger partial charge in [-0.25, -0.2) is 0 Å². The highest BCUT2D eigenvalue weighted by Gasteiger charge is 2.20. The van der Waals surface area contributed by atoms with Crippen molar-refractivity contribution < 1.29 is 9.90 Å². The van der Waals surface area contributed by atoms with Crippen LogP contribution in [0.3, 0.4) is 0 Å². The zero-order chi connectivity index (χ0) is 10.3. The third-order valence-corrected chi connectivity index (χ3v) is 2.51. The molecule has 2 atom stereocenters. The lowest BCUT2D eigenvalue weighted by molar-refractivity contribution is -0.138. The predicted molar refractivity (Wildman–Crippen MR) is 53.5 cm³/mol. The van der Waals surface area contributed by atoms with Crippen LogP contribution in [-0.2, 0) is 4.79 Å². The Bertz CT molecular complexity index is 148. The van der Waals surface area contributed by atoms with Crippen molar-refractivity contribution in [2.45, 2.75) is 39.0 Å². The van der Waals surface area contributed by atoms with Crippen LogP contribution in [0.2, 0.25) is 0 Å². The molecule has 3 heteroatoms. The third-order valence-electron chi connectivity index (χ3n) is 2.51. The molecule has 3 nitrogen and oxygen atoms in total. The molecule has 0 aromatic carbocycles. The topological polar surface area (TPSA) is 63.3 Å². The van der Waals surface area contributed by atoms with E-state index in [2.05, 4.69) is 12.7 Å². The minimum atomic E-state index is -0.635. The first-order chi connectivity index (χ1) is 6.18. The van der Waals surface area contributed by atoms with E-state index >= 15 is 0 Å². The number of aliphatic carboxylic acids is 1. The van der Waals surface area contributed by atoms with Crippen molar-refractivity contribution in [3.05, 3.63) is 0 Å². The van der Waals surface area contributed by atoms with Crippen molar-refractivity contribution in [2.24, 2.45) is 17.6 Å². The molecule has 0 saturated heterocycles. The van der Waals surface area contributed by atoms with Gasteiger partial charge in [-0.3, -0.25) is 4.79 Å². The number of rotatable bonds is 2. The number of carboxylic acid groups (broad SMARTS) is 1. The van der Waals surface area contributed by atoms with Crippen molar-refractivity contribution >= 4 is 5.97 Å². The molecule has 13 heavy (non-hydrogen) atoms. The molecule has 1 saturated carbocycles. The maximum atomic E-state index is 10.4. The smallest absolute Gasteiger partial charge is 0.303 e. The lowest BCUT2D eigenvalue weighted by Gasteiger charge is -2.25. The average Bonchev–Trinajstić information content (AvgIpc) is 2.06. The van der Waals surface area contributed by atoms with Gasteiger partial charge in [-0.15, -0.1) is 0 Å². The minimum Gasteiger partial charge on any atom is -0.481 e. The van der Waals surface area contributed by atoms with Gasteiger partial charge in [0.25, 0.3) is 0 Å². The molecule has 1 fully saturated rings. The fourth-order valence-corrected chi connectivity index (χ4v) is 1.99. The van der Waals surface area contributed by atoms with Crippen LogP contribution in [0.1, 0.15) is 39.0 Å². The van der Waals surface area contributed by atoms with Gasteiger partial charge < -0.3 is 10.8 Å². The van der Waals surface area contributed by atoms with Gasteiger partial charge >= 0.3 is 5.97 Å². The predicted octanol–water partition coefficient (Wildman–Crippen LogP) is 1.86. The van der Waals surface area contributed by atoms with Crippen LogP contribution in [0.15, 0.2) is 0 Å². The Balaban J connectivity index is 0.000000671. The van der Waals surface area contributed by atoms with Crippen molar-refractivity contribution in [1.29, 1.82) is 0 Å². The molecular weight excluding hydrogens is 166 g/mol. The summed E-state index contributed by atoms with van der Waals surface area (Å²) < 4.78 is 0. The summed E-state index contributed by atoms with van der Waals surface area (Å²) in [5, 5.41) is 8.55. The van der Waals surface area contributed by atoms with Crippen LogP contribution >= 0.6 is 0 Å². The molecule has 0 aliphatic heterocycles. The van der Waals surface area contributed by atoms with E-state index in [9.17, 15) is 4.79 Å². The molecule has 1 aliphatic rings. The Hall–Kier alpha value is -0.570. The Labute approximate surface area is 80.3 Å². The summed E-state index contributed by atoms with van der Waals surface area (Å²) in [6, 6.07) is 0. The largest absolute Gasteiger partial charge is 0.481 e. The van der Waals surface area contributed by atoms with Gasteiger partial charge in [-0.05, 0) is 31.7 Å². The zero-order valence-corrected chi connectivity index (χ0v) is 8.62. The molecule has 1 rings (SSSR count). The summed E-state index contributed by atoms with van der Waals surface area (Å²) in [5.41, 5.74) is 4.50. The summed E-state index contributed by atoms with van der Waals surface area (Å²) in [4.78, 5) is 10.4. The Morgan fingerprint density at radius 1 is 1.46 bits per heavy atom. The van der Waals surface area contributed by atoms with Crippen LogP contribution in [0.5, 0.6) is 0 Å². The summed E-state index contributed by atoms with van der Waals surface area (Å²) in [5.74, 6) is 0.563. The van der Waals surface area contributed by atoms with Crippen LogP contribution in [0.4, 0.5) is 0 Å². The second-order valence-electron chi connectivity index (χ2n) is 3.74. The SMILES string of the molecule is CC1CCCC(CC(=O)O)C1.CN. The van der Waals surface area contributed by atoms with E-state index in [1.165, 1.54) is 19.9 Å². The van der Waals surface area contributed by atoms with E-state index in [1.807, 2.05) is 0 Å². The van der Waals surface area contributed by atoms with Gasteiger partial charge in [0, 0.05) is 6.42 Å². The summed E-state index contributed by atoms with van der Waals surface area (Å²) in [6.45, 7) is 2.22. The van der Waals surface area contributed by atoms with Crippen LogP contribution in [0, 0.1) is 11.8 Å². The maximum absolute atomic E-state index is 10.4. The highest BCUT2D eigenvalue weighted by molar-refractivity contribution is 5.67. The van der Waals surface area contributed by atoms with Crippen molar-refractivity contribution in [3.8, 4) is 0 Å². The molecule has 0 heterocycles. The fraction of sp³-hybridized carbons (Fsp3) is 0.900. The zero-order valence-electron chi connectivity index (χ0n) is 8.62. The molecular formula is C10H21NO2. The van der Waals surface area contributed by atoms with Crippen LogP contribution < -0.4 is 5.73 Å². The molecule has 0 aromatic heterocycles. The highest BCUT2D eigenvalue weighted by Crippen LogP contribution is 2.30. The second-order valence-corrected chi connectivity index (χ2v) is 3.74. The molecule has 0 radical (unpaired) electrons. The van der Waals surface area contributed by atoms with Gasteiger partial charge in [0.1, 0.15) is 0 Å². The van der Waals surface area contributed by atoms with Gasteiger partial charge in [-0.2, -0.15) is 0 Å². The lowest BCUT2D eigenvalue weighted by atomic mass is 9.81. The molecule has 0 amide bonds. The maximum Gasteiger partial charge on any atom is 0.303 e. The van der Waals surface area contributed by atoms with E-state index in [-0.39, 0.29) is 0 Å². The first-order valence-corrected chi connectivity index (χ1v) is 4.98. The Morgan fingerprint density at radius 2 is 2.08 bits per heavy atom. The number of hydrogen-bond acceptors (Lipinski definition) is 2. The molecule has 0 aromatic rings. The molecule has 0 spiro atoms. The quantitative estimate of drug-likeness (QED) is 0.693. The molecule has 0 bridgehead atoms. The van der Waals surface area contributed by atoms with Crippen LogP contribution in [0.25, 0.3) is 0 Å². The summed E-state index contributed by atoms with van der Waals surface area (Å²) in [6.07, 6.45) is 5.13. The van der Waals surface area contributed by atoms with E-state index in [1.54, 1.807) is 0 Å². The normalized spacial score (nSPS) is 27.3. The van der Waals surface area contributed by atoms with Crippen LogP contribution in [-0.4, -0.2) is 18.1 Å². The van der Waals surface area contributed by atoms with Gasteiger partial charge in [0.15, 0.2) is 0 Å². The first-order valence-electron chi connectivity index (χ1n) is 4.98. The molecule has 2 unspecified atom stereocenters. The van der Waals surface area contributed by atoms with Gasteiger partial charge in [0.2, 0.25) is 0 Å². The second kappa shape index (κ2) is 6.89. The minimum absolute atomic E-state index is 0.379. The average molecular weight is 187 g/mol. The standard InChI is InChI=1S/C9H16O2.CH5N/c1-7-3-2-4-8(5-7)6-9(10)11;1-2/h7-8H,2-6H2,1H3,(H,10,11);2H2,1H3. The first kappa shape index (κ1) is 12.4. The van der Waals surface area contributed by atoms with Crippen molar-refractivity contribution in [1.82, 2.24) is 0 Å². The monoisotopic (exact) mass is 187 g/mol. The Morgan fingerprint density at radius 3 is 2.54 bits per heavy atom. The van der Waals surface area contributed by atoms with Gasteiger partial charge in [-0.1, -0.05) is 19.8 Å². The third kappa shape index (κ3) is 5.64.